The largest absolute Gasteiger partial charge is 0.460 e. The standard InChI is InChI=1S/C19H22N2O3/c1-14(2)19(23)24-13-18(22)12-20-15-8-10-17(11-9-15)21-16-6-4-3-5-7-16/h3-11,18,20-22H,1,12-13H2,2H3. The van der Waals surface area contributed by atoms with Gasteiger partial charge in [0, 0.05) is 29.2 Å². The Morgan fingerprint density at radius 2 is 1.67 bits per heavy atom. The quantitative estimate of drug-likeness (QED) is 0.513. The maximum absolute atomic E-state index is 11.2. The summed E-state index contributed by atoms with van der Waals surface area (Å²) in [5.41, 5.74) is 3.19. The van der Waals surface area contributed by atoms with Gasteiger partial charge in [0.25, 0.3) is 0 Å². The van der Waals surface area contributed by atoms with Crippen molar-refractivity contribution >= 4 is 23.0 Å². The number of nitrogens with one attached hydrogen (secondary N) is 2. The van der Waals surface area contributed by atoms with Crippen molar-refractivity contribution in [3.05, 3.63) is 66.7 Å². The molecule has 24 heavy (non-hydrogen) atoms. The van der Waals surface area contributed by atoms with Gasteiger partial charge in [0.15, 0.2) is 0 Å². The first-order valence-corrected chi connectivity index (χ1v) is 7.71. The van der Waals surface area contributed by atoms with E-state index in [1.165, 1.54) is 0 Å². The Labute approximate surface area is 142 Å². The number of hydrogen-bond acceptors (Lipinski definition) is 5. The van der Waals surface area contributed by atoms with E-state index in [1.54, 1.807) is 6.92 Å². The number of benzene rings is 2. The normalized spacial score (nSPS) is 11.4. The molecular formula is C19H22N2O3. The van der Waals surface area contributed by atoms with Gasteiger partial charge < -0.3 is 20.5 Å². The molecule has 1 atom stereocenters. The van der Waals surface area contributed by atoms with Crippen LogP contribution in [0.1, 0.15) is 6.92 Å². The van der Waals surface area contributed by atoms with Crippen LogP contribution < -0.4 is 10.6 Å². The molecule has 2 aromatic rings. The number of aliphatic hydroxyl groups excluding tert-OH is 1. The SMILES string of the molecule is C=C(C)C(=O)OCC(O)CNc1ccc(Nc2ccccc2)cc1. The van der Waals surface area contributed by atoms with Crippen LogP contribution in [0.15, 0.2) is 66.7 Å². The van der Waals surface area contributed by atoms with Crippen molar-refractivity contribution in [3.63, 3.8) is 0 Å². The molecular weight excluding hydrogens is 304 g/mol. The summed E-state index contributed by atoms with van der Waals surface area (Å²) < 4.78 is 4.90. The third-order valence-electron chi connectivity index (χ3n) is 3.24. The van der Waals surface area contributed by atoms with Crippen molar-refractivity contribution in [1.29, 1.82) is 0 Å². The first-order valence-electron chi connectivity index (χ1n) is 7.71. The Hall–Kier alpha value is -2.79. The summed E-state index contributed by atoms with van der Waals surface area (Å²) in [4.78, 5) is 11.2. The predicted molar refractivity (Wildman–Crippen MR) is 96.4 cm³/mol. The molecule has 5 heteroatoms. The first kappa shape index (κ1) is 17.6. The van der Waals surface area contributed by atoms with Crippen molar-refractivity contribution in [2.24, 2.45) is 0 Å². The highest BCUT2D eigenvalue weighted by Crippen LogP contribution is 2.18. The number of hydrogen-bond donors (Lipinski definition) is 3. The zero-order chi connectivity index (χ0) is 17.4. The molecule has 2 aromatic carbocycles. The Morgan fingerprint density at radius 3 is 2.29 bits per heavy atom. The minimum absolute atomic E-state index is 0.0632. The van der Waals surface area contributed by atoms with Crippen LogP contribution in [0.4, 0.5) is 17.1 Å². The van der Waals surface area contributed by atoms with Gasteiger partial charge in [-0.15, -0.1) is 0 Å². The number of carbonyl (C=O) groups excluding carboxylic acids is 1. The maximum atomic E-state index is 11.2. The lowest BCUT2D eigenvalue weighted by Crippen LogP contribution is -2.26. The number of para-hydroxylation sites is 1. The fourth-order valence-electron chi connectivity index (χ4n) is 1.95. The molecule has 1 unspecified atom stereocenters. The minimum atomic E-state index is -0.782. The van der Waals surface area contributed by atoms with Gasteiger partial charge in [-0.1, -0.05) is 24.8 Å². The predicted octanol–water partition coefficient (Wildman–Crippen LogP) is 3.32. The Balaban J connectivity index is 1.77. The lowest BCUT2D eigenvalue weighted by atomic mass is 10.2. The number of ether oxygens (including phenoxy) is 1. The Kier molecular flexibility index (Phi) is 6.40. The number of esters is 1. The Bertz CT molecular complexity index is 669. The highest BCUT2D eigenvalue weighted by molar-refractivity contribution is 5.86. The van der Waals surface area contributed by atoms with Crippen LogP contribution in [-0.4, -0.2) is 30.3 Å². The van der Waals surface area contributed by atoms with Gasteiger partial charge in [0.2, 0.25) is 0 Å². The molecule has 3 N–H and O–H groups in total. The lowest BCUT2D eigenvalue weighted by Gasteiger charge is -2.14. The van der Waals surface area contributed by atoms with Gasteiger partial charge in [-0.25, -0.2) is 4.79 Å². The molecule has 0 aliphatic heterocycles. The molecule has 0 heterocycles. The third-order valence-corrected chi connectivity index (χ3v) is 3.24. The summed E-state index contributed by atoms with van der Waals surface area (Å²) in [5, 5.41) is 16.2. The van der Waals surface area contributed by atoms with Crippen LogP contribution in [0.3, 0.4) is 0 Å². The maximum Gasteiger partial charge on any atom is 0.333 e. The van der Waals surface area contributed by atoms with E-state index in [9.17, 15) is 9.90 Å². The monoisotopic (exact) mass is 326 g/mol. The molecule has 0 aromatic heterocycles. The van der Waals surface area contributed by atoms with Gasteiger partial charge in [-0.3, -0.25) is 0 Å². The number of carbonyl (C=O) groups is 1. The molecule has 0 bridgehead atoms. The molecule has 0 spiro atoms. The second-order valence-electron chi connectivity index (χ2n) is 5.48. The molecule has 0 fully saturated rings. The van der Waals surface area contributed by atoms with Gasteiger partial charge in [-0.05, 0) is 43.3 Å². The second-order valence-corrected chi connectivity index (χ2v) is 5.48. The highest BCUT2D eigenvalue weighted by atomic mass is 16.5. The van der Waals surface area contributed by atoms with E-state index < -0.39 is 12.1 Å². The van der Waals surface area contributed by atoms with Crippen molar-refractivity contribution in [1.82, 2.24) is 0 Å². The summed E-state index contributed by atoms with van der Waals surface area (Å²) >= 11 is 0. The van der Waals surface area contributed by atoms with Gasteiger partial charge >= 0.3 is 5.97 Å². The zero-order valence-corrected chi connectivity index (χ0v) is 13.7. The molecule has 0 saturated heterocycles. The molecule has 5 nitrogen and oxygen atoms in total. The molecule has 0 saturated carbocycles. The molecule has 0 aliphatic carbocycles. The molecule has 2 rings (SSSR count). The molecule has 0 aliphatic rings. The van der Waals surface area contributed by atoms with Crippen LogP contribution in [0.5, 0.6) is 0 Å². The first-order chi connectivity index (χ1) is 11.5. The molecule has 0 amide bonds. The van der Waals surface area contributed by atoms with Gasteiger partial charge in [-0.2, -0.15) is 0 Å². The second kappa shape index (κ2) is 8.74. The fourth-order valence-corrected chi connectivity index (χ4v) is 1.95. The fraction of sp³-hybridized carbons (Fsp3) is 0.211. The zero-order valence-electron chi connectivity index (χ0n) is 13.7. The van der Waals surface area contributed by atoms with Crippen molar-refractivity contribution in [2.45, 2.75) is 13.0 Å². The summed E-state index contributed by atoms with van der Waals surface area (Å²) in [6.45, 7) is 5.28. The highest BCUT2D eigenvalue weighted by Gasteiger charge is 2.09. The minimum Gasteiger partial charge on any atom is -0.460 e. The molecule has 0 radical (unpaired) electrons. The van der Waals surface area contributed by atoms with Gasteiger partial charge in [0.1, 0.15) is 12.7 Å². The van der Waals surface area contributed by atoms with Crippen LogP contribution in [0.25, 0.3) is 0 Å². The van der Waals surface area contributed by atoms with Crippen molar-refractivity contribution < 1.29 is 14.6 Å². The van der Waals surface area contributed by atoms with Crippen LogP contribution in [0.2, 0.25) is 0 Å². The van der Waals surface area contributed by atoms with Gasteiger partial charge in [0.05, 0.1) is 0 Å². The molecule has 126 valence electrons. The van der Waals surface area contributed by atoms with E-state index in [0.29, 0.717) is 5.57 Å². The summed E-state index contributed by atoms with van der Waals surface area (Å²) in [6.07, 6.45) is -0.782. The van der Waals surface area contributed by atoms with Crippen molar-refractivity contribution in [3.8, 4) is 0 Å². The van der Waals surface area contributed by atoms with E-state index in [0.717, 1.165) is 17.1 Å². The van der Waals surface area contributed by atoms with E-state index in [1.807, 2.05) is 54.6 Å². The Morgan fingerprint density at radius 1 is 1.08 bits per heavy atom. The number of anilines is 3. The van der Waals surface area contributed by atoms with Crippen molar-refractivity contribution in [2.75, 3.05) is 23.8 Å². The third kappa shape index (κ3) is 5.78. The van der Waals surface area contributed by atoms with Crippen LogP contribution in [0, 0.1) is 0 Å². The van der Waals surface area contributed by atoms with E-state index in [2.05, 4.69) is 17.2 Å². The summed E-state index contributed by atoms with van der Waals surface area (Å²) in [6, 6.07) is 17.6. The topological polar surface area (TPSA) is 70.6 Å². The summed E-state index contributed by atoms with van der Waals surface area (Å²) in [7, 11) is 0. The average Bonchev–Trinajstić information content (AvgIpc) is 2.59. The van der Waals surface area contributed by atoms with E-state index >= 15 is 0 Å². The number of rotatable bonds is 8. The average molecular weight is 326 g/mol. The lowest BCUT2D eigenvalue weighted by molar-refractivity contribution is -0.141. The van der Waals surface area contributed by atoms with Crippen LogP contribution >= 0.6 is 0 Å². The number of aliphatic hydroxyl groups is 1. The van der Waals surface area contributed by atoms with Crippen LogP contribution in [-0.2, 0) is 9.53 Å². The summed E-state index contributed by atoms with van der Waals surface area (Å²) in [5.74, 6) is -0.495. The van der Waals surface area contributed by atoms with E-state index in [-0.39, 0.29) is 13.2 Å². The van der Waals surface area contributed by atoms with E-state index in [4.69, 9.17) is 4.74 Å². The smallest absolute Gasteiger partial charge is 0.333 e.